The van der Waals surface area contributed by atoms with E-state index in [4.69, 9.17) is 4.74 Å². The van der Waals surface area contributed by atoms with Crippen LogP contribution in [0.3, 0.4) is 0 Å². The van der Waals surface area contributed by atoms with Crippen LogP contribution < -0.4 is 5.32 Å². The summed E-state index contributed by atoms with van der Waals surface area (Å²) in [6.07, 6.45) is 4.65. The van der Waals surface area contributed by atoms with Gasteiger partial charge in [-0.25, -0.2) is 0 Å². The average Bonchev–Trinajstić information content (AvgIpc) is 2.28. The van der Waals surface area contributed by atoms with Gasteiger partial charge in [0.15, 0.2) is 0 Å². The van der Waals surface area contributed by atoms with Crippen molar-refractivity contribution in [3.05, 3.63) is 0 Å². The summed E-state index contributed by atoms with van der Waals surface area (Å²) in [4.78, 5) is 22.4. The quantitative estimate of drug-likeness (QED) is 0.499. The Morgan fingerprint density at radius 1 is 1.18 bits per heavy atom. The predicted octanol–water partition coefficient (Wildman–Crippen LogP) is 2.27. The van der Waals surface area contributed by atoms with Crippen molar-refractivity contribution in [2.45, 2.75) is 52.9 Å². The Balaban J connectivity index is 3.38. The first-order valence-corrected chi connectivity index (χ1v) is 6.51. The highest BCUT2D eigenvalue weighted by Gasteiger charge is 2.07. The van der Waals surface area contributed by atoms with Gasteiger partial charge >= 0.3 is 5.97 Å². The summed E-state index contributed by atoms with van der Waals surface area (Å²) in [5.41, 5.74) is 0. The van der Waals surface area contributed by atoms with Crippen LogP contribution in [0.5, 0.6) is 0 Å². The molecular weight excluding hydrogens is 218 g/mol. The molecule has 0 radical (unpaired) electrons. The number of rotatable bonds is 9. The van der Waals surface area contributed by atoms with E-state index in [9.17, 15) is 9.59 Å². The molecule has 0 aliphatic carbocycles. The fourth-order valence-electron chi connectivity index (χ4n) is 1.28. The molecule has 1 N–H and O–H groups in total. The largest absolute Gasteiger partial charge is 0.466 e. The van der Waals surface area contributed by atoms with Crippen LogP contribution in [0.25, 0.3) is 0 Å². The Kier molecular flexibility index (Phi) is 9.49. The Morgan fingerprint density at radius 3 is 2.47 bits per heavy atom. The zero-order valence-corrected chi connectivity index (χ0v) is 11.3. The van der Waals surface area contributed by atoms with E-state index < -0.39 is 0 Å². The van der Waals surface area contributed by atoms with Crippen molar-refractivity contribution in [2.75, 3.05) is 13.2 Å². The molecule has 0 aromatic heterocycles. The maximum atomic E-state index is 11.3. The number of carbonyl (C=O) groups is 2. The minimum atomic E-state index is -0.231. The van der Waals surface area contributed by atoms with Gasteiger partial charge in [-0.3, -0.25) is 9.59 Å². The molecule has 0 aliphatic rings. The summed E-state index contributed by atoms with van der Waals surface area (Å²) >= 11 is 0. The maximum Gasteiger partial charge on any atom is 0.307 e. The van der Waals surface area contributed by atoms with E-state index in [-0.39, 0.29) is 24.2 Å². The molecular formula is C13H25NO3. The van der Waals surface area contributed by atoms with Gasteiger partial charge in [0.1, 0.15) is 0 Å². The fraction of sp³-hybridized carbons (Fsp3) is 0.846. The van der Waals surface area contributed by atoms with E-state index in [0.29, 0.717) is 13.2 Å². The van der Waals surface area contributed by atoms with Crippen molar-refractivity contribution in [2.24, 2.45) is 5.92 Å². The zero-order chi connectivity index (χ0) is 13.1. The van der Waals surface area contributed by atoms with Crippen molar-refractivity contribution in [1.29, 1.82) is 0 Å². The van der Waals surface area contributed by atoms with Gasteiger partial charge in [-0.15, -0.1) is 0 Å². The predicted molar refractivity (Wildman–Crippen MR) is 67.6 cm³/mol. The molecule has 0 atom stereocenters. The molecule has 0 saturated carbocycles. The normalized spacial score (nSPS) is 10.4. The van der Waals surface area contributed by atoms with Gasteiger partial charge in [-0.2, -0.15) is 0 Å². The number of unbranched alkanes of at least 4 members (excludes halogenated alkanes) is 3. The van der Waals surface area contributed by atoms with E-state index >= 15 is 0 Å². The van der Waals surface area contributed by atoms with Crippen molar-refractivity contribution in [3.63, 3.8) is 0 Å². The second kappa shape index (κ2) is 10.1. The number of hydrogen-bond acceptors (Lipinski definition) is 3. The van der Waals surface area contributed by atoms with Crippen LogP contribution >= 0.6 is 0 Å². The van der Waals surface area contributed by atoms with Crippen LogP contribution in [-0.2, 0) is 14.3 Å². The number of amides is 1. The lowest BCUT2D eigenvalue weighted by Gasteiger charge is -2.07. The Labute approximate surface area is 104 Å². The number of hydrogen-bond donors (Lipinski definition) is 1. The number of nitrogens with one attached hydrogen (secondary N) is 1. The molecule has 4 nitrogen and oxygen atoms in total. The molecule has 0 fully saturated rings. The molecule has 0 spiro atoms. The first kappa shape index (κ1) is 15.9. The third-order valence-electron chi connectivity index (χ3n) is 2.41. The first-order chi connectivity index (χ1) is 8.07. The molecule has 0 aromatic rings. The second-order valence-electron chi connectivity index (χ2n) is 4.48. The molecule has 0 heterocycles. The molecule has 1 amide bonds. The Hall–Kier alpha value is -1.06. The number of ether oxygens (including phenoxy) is 1. The van der Waals surface area contributed by atoms with Crippen LogP contribution in [0, 0.1) is 5.92 Å². The van der Waals surface area contributed by atoms with Gasteiger partial charge in [0, 0.05) is 12.5 Å². The van der Waals surface area contributed by atoms with Crippen molar-refractivity contribution in [1.82, 2.24) is 5.32 Å². The van der Waals surface area contributed by atoms with Gasteiger partial charge < -0.3 is 10.1 Å². The maximum absolute atomic E-state index is 11.3. The summed E-state index contributed by atoms with van der Waals surface area (Å²) in [5.74, 6) is -0.300. The molecule has 100 valence electrons. The van der Waals surface area contributed by atoms with E-state index in [2.05, 4.69) is 12.2 Å². The van der Waals surface area contributed by atoms with Crippen LogP contribution in [0.2, 0.25) is 0 Å². The summed E-state index contributed by atoms with van der Waals surface area (Å²) in [6.45, 7) is 6.65. The highest BCUT2D eigenvalue weighted by molar-refractivity contribution is 5.78. The minimum absolute atomic E-state index is 0.0271. The monoisotopic (exact) mass is 243 g/mol. The van der Waals surface area contributed by atoms with Crippen molar-refractivity contribution < 1.29 is 14.3 Å². The van der Waals surface area contributed by atoms with Crippen molar-refractivity contribution in [3.8, 4) is 0 Å². The van der Waals surface area contributed by atoms with Gasteiger partial charge in [0.25, 0.3) is 0 Å². The summed E-state index contributed by atoms with van der Waals surface area (Å²) in [6, 6.07) is 0. The molecule has 0 bridgehead atoms. The van der Waals surface area contributed by atoms with Crippen molar-refractivity contribution >= 4 is 11.9 Å². The summed E-state index contributed by atoms with van der Waals surface area (Å²) < 4.78 is 5.04. The van der Waals surface area contributed by atoms with Gasteiger partial charge in [-0.1, -0.05) is 40.0 Å². The van der Waals surface area contributed by atoms with E-state index in [1.165, 1.54) is 12.8 Å². The molecule has 0 aliphatic heterocycles. The van der Waals surface area contributed by atoms with E-state index in [1.807, 2.05) is 13.8 Å². The first-order valence-electron chi connectivity index (χ1n) is 6.51. The average molecular weight is 243 g/mol. The van der Waals surface area contributed by atoms with E-state index in [0.717, 1.165) is 12.8 Å². The SMILES string of the molecule is CCCCCCOC(=O)CCNC(=O)C(C)C. The highest BCUT2D eigenvalue weighted by Crippen LogP contribution is 1.99. The van der Waals surface area contributed by atoms with Gasteiger partial charge in [-0.05, 0) is 6.42 Å². The lowest BCUT2D eigenvalue weighted by Crippen LogP contribution is -2.30. The Bertz CT molecular complexity index is 227. The second-order valence-corrected chi connectivity index (χ2v) is 4.48. The number of carbonyl (C=O) groups excluding carboxylic acids is 2. The fourth-order valence-corrected chi connectivity index (χ4v) is 1.28. The van der Waals surface area contributed by atoms with Gasteiger partial charge in [0.05, 0.1) is 13.0 Å². The standard InChI is InChI=1S/C13H25NO3/c1-4-5-6-7-10-17-12(15)8-9-14-13(16)11(2)3/h11H,4-10H2,1-3H3,(H,14,16). The van der Waals surface area contributed by atoms with Crippen LogP contribution in [0.15, 0.2) is 0 Å². The van der Waals surface area contributed by atoms with Crippen LogP contribution in [-0.4, -0.2) is 25.0 Å². The molecule has 17 heavy (non-hydrogen) atoms. The van der Waals surface area contributed by atoms with Crippen LogP contribution in [0.4, 0.5) is 0 Å². The summed E-state index contributed by atoms with van der Waals surface area (Å²) in [7, 11) is 0. The lowest BCUT2D eigenvalue weighted by molar-refractivity contribution is -0.143. The smallest absolute Gasteiger partial charge is 0.307 e. The van der Waals surface area contributed by atoms with Crippen LogP contribution in [0.1, 0.15) is 52.9 Å². The molecule has 4 heteroatoms. The molecule has 0 rings (SSSR count). The zero-order valence-electron chi connectivity index (χ0n) is 11.3. The molecule has 0 aromatic carbocycles. The Morgan fingerprint density at radius 2 is 1.88 bits per heavy atom. The summed E-state index contributed by atoms with van der Waals surface area (Å²) in [5, 5.41) is 2.68. The number of esters is 1. The lowest BCUT2D eigenvalue weighted by atomic mass is 10.2. The van der Waals surface area contributed by atoms with Gasteiger partial charge in [0.2, 0.25) is 5.91 Å². The topological polar surface area (TPSA) is 55.4 Å². The minimum Gasteiger partial charge on any atom is -0.466 e. The third kappa shape index (κ3) is 9.85. The molecule has 0 unspecified atom stereocenters. The molecule has 0 saturated heterocycles. The van der Waals surface area contributed by atoms with E-state index in [1.54, 1.807) is 0 Å². The third-order valence-corrected chi connectivity index (χ3v) is 2.41. The highest BCUT2D eigenvalue weighted by atomic mass is 16.5.